The van der Waals surface area contributed by atoms with E-state index in [1.54, 1.807) is 39.0 Å². The van der Waals surface area contributed by atoms with Gasteiger partial charge >= 0.3 is 0 Å². The number of carbonyl (C=O) groups excluding carboxylic acids is 1. The molecule has 1 aromatic carbocycles. The van der Waals surface area contributed by atoms with E-state index in [9.17, 15) is 14.3 Å². The Morgan fingerprint density at radius 3 is 2.92 bits per heavy atom. The molecule has 186 valence electrons. The first kappa shape index (κ1) is 22.8. The first-order valence-corrected chi connectivity index (χ1v) is 12.0. The summed E-state index contributed by atoms with van der Waals surface area (Å²) in [5.41, 5.74) is 3.12. The lowest BCUT2D eigenvalue weighted by molar-refractivity contribution is -0.117. The summed E-state index contributed by atoms with van der Waals surface area (Å²) in [7, 11) is 0. The first-order valence-electron chi connectivity index (χ1n) is 12.0. The Morgan fingerprint density at radius 2 is 2.14 bits per heavy atom. The summed E-state index contributed by atoms with van der Waals surface area (Å²) in [6.45, 7) is 0.990. The van der Waals surface area contributed by atoms with E-state index in [2.05, 4.69) is 20.4 Å². The van der Waals surface area contributed by atoms with Crippen molar-refractivity contribution in [1.82, 2.24) is 29.4 Å². The average molecular weight is 492 g/mol. The van der Waals surface area contributed by atoms with Crippen LogP contribution in [0.3, 0.4) is 0 Å². The van der Waals surface area contributed by atoms with E-state index in [0.29, 0.717) is 37.0 Å². The van der Waals surface area contributed by atoms with Crippen LogP contribution in [0.5, 0.6) is 0 Å². The number of aliphatic hydroxyl groups is 1. The van der Waals surface area contributed by atoms with Crippen LogP contribution in [0.2, 0.25) is 0 Å². The smallest absolute Gasteiger partial charge is 0.229 e. The van der Waals surface area contributed by atoms with Gasteiger partial charge in [0.25, 0.3) is 0 Å². The number of aryl methyl sites for hydroxylation is 1. The van der Waals surface area contributed by atoms with Crippen LogP contribution in [-0.4, -0.2) is 66.2 Å². The summed E-state index contributed by atoms with van der Waals surface area (Å²) in [4.78, 5) is 27.2. The minimum absolute atomic E-state index is 0.0760. The van der Waals surface area contributed by atoms with Gasteiger partial charge in [-0.15, -0.1) is 0 Å². The van der Waals surface area contributed by atoms with Gasteiger partial charge in [0, 0.05) is 58.3 Å². The summed E-state index contributed by atoms with van der Waals surface area (Å²) in [6.07, 6.45) is 8.36. The van der Waals surface area contributed by atoms with Crippen LogP contribution in [0.1, 0.15) is 28.8 Å². The highest BCUT2D eigenvalue weighted by molar-refractivity contribution is 6.10. The number of rotatable bonds is 9. The number of alkyl halides is 1. The Bertz CT molecular complexity index is 1410. The molecule has 1 atom stereocenters. The fourth-order valence-electron chi connectivity index (χ4n) is 4.49. The first-order chi connectivity index (χ1) is 17.6. The number of fused-ring (bicyclic) bond motifs is 1. The number of nitrogens with zero attached hydrogens (tertiary/aromatic N) is 6. The molecule has 3 aromatic heterocycles. The topological polar surface area (TPSA) is 110 Å². The number of ketones is 1. The Kier molecular flexibility index (Phi) is 5.96. The second kappa shape index (κ2) is 9.41. The molecule has 1 saturated heterocycles. The van der Waals surface area contributed by atoms with E-state index < -0.39 is 12.8 Å². The van der Waals surface area contributed by atoms with Gasteiger partial charge in [0.1, 0.15) is 6.67 Å². The lowest BCUT2D eigenvalue weighted by atomic mass is 10.1. The molecule has 10 nitrogen and oxygen atoms in total. The highest BCUT2D eigenvalue weighted by Gasteiger charge is 2.32. The average Bonchev–Trinajstić information content (AvgIpc) is 3.33. The molecule has 0 bridgehead atoms. The Balaban J connectivity index is 1.23. The number of carbonyl (C=O) groups is 1. The van der Waals surface area contributed by atoms with Gasteiger partial charge in [-0.3, -0.25) is 9.63 Å². The quantitative estimate of drug-likeness (QED) is 0.344. The van der Waals surface area contributed by atoms with Crippen molar-refractivity contribution in [2.45, 2.75) is 32.0 Å². The molecule has 2 N–H and O–H groups in total. The maximum absolute atomic E-state index is 13.1. The maximum Gasteiger partial charge on any atom is 0.229 e. The minimum Gasteiger partial charge on any atom is -0.389 e. The second-order valence-electron chi connectivity index (χ2n) is 9.22. The molecule has 1 aliphatic carbocycles. The predicted molar refractivity (Wildman–Crippen MR) is 130 cm³/mol. The van der Waals surface area contributed by atoms with Crippen molar-refractivity contribution < 1.29 is 19.1 Å². The second-order valence-corrected chi connectivity index (χ2v) is 9.22. The third-order valence-corrected chi connectivity index (χ3v) is 6.41. The van der Waals surface area contributed by atoms with Crippen LogP contribution in [0.4, 0.5) is 16.0 Å². The molecule has 36 heavy (non-hydrogen) atoms. The van der Waals surface area contributed by atoms with Crippen LogP contribution in [0, 0.1) is 5.92 Å². The monoisotopic (exact) mass is 491 g/mol. The highest BCUT2D eigenvalue weighted by Crippen LogP contribution is 2.36. The largest absolute Gasteiger partial charge is 0.389 e. The lowest BCUT2D eigenvalue weighted by Gasteiger charge is -2.11. The highest BCUT2D eigenvalue weighted by atomic mass is 19.1. The van der Waals surface area contributed by atoms with Gasteiger partial charge in [0.15, 0.2) is 11.6 Å². The van der Waals surface area contributed by atoms with E-state index in [1.165, 1.54) is 0 Å². The fraction of sp³-hybridized carbons (Fsp3) is 0.360. The number of β-amino-alcohol motifs (C(OH)–C–C–N with tert-alkyl or cyclic N) is 1. The summed E-state index contributed by atoms with van der Waals surface area (Å²) in [6, 6.07) is 7.41. The Labute approximate surface area is 206 Å². The minimum atomic E-state index is -0.496. The van der Waals surface area contributed by atoms with Crippen molar-refractivity contribution in [3.8, 4) is 5.82 Å². The Morgan fingerprint density at radius 1 is 1.25 bits per heavy atom. The van der Waals surface area contributed by atoms with Crippen molar-refractivity contribution in [2.24, 2.45) is 5.92 Å². The van der Waals surface area contributed by atoms with Crippen LogP contribution in [-0.2, 0) is 17.9 Å². The molecule has 0 spiro atoms. The SMILES string of the molecule is O=C(c1cn(CCF)c2ccc(Nc3nccc(-n4cc(CN5CC(O)CO5)cn4)n3)cc12)C1CC1. The number of aromatic nitrogens is 5. The third kappa shape index (κ3) is 4.60. The summed E-state index contributed by atoms with van der Waals surface area (Å²) in [5, 5.41) is 19.7. The third-order valence-electron chi connectivity index (χ3n) is 6.41. The van der Waals surface area contributed by atoms with Crippen LogP contribution in [0.15, 0.2) is 49.1 Å². The Hall–Kier alpha value is -3.67. The van der Waals surface area contributed by atoms with Gasteiger partial charge in [-0.2, -0.15) is 15.1 Å². The van der Waals surface area contributed by atoms with E-state index in [4.69, 9.17) is 4.84 Å². The zero-order valence-corrected chi connectivity index (χ0v) is 19.5. The molecular weight excluding hydrogens is 465 g/mol. The van der Waals surface area contributed by atoms with Crippen molar-refractivity contribution in [3.63, 3.8) is 0 Å². The van der Waals surface area contributed by atoms with E-state index in [1.807, 2.05) is 24.4 Å². The molecule has 0 radical (unpaired) electrons. The molecule has 1 unspecified atom stereocenters. The number of aliphatic hydroxyl groups excluding tert-OH is 1. The van der Waals surface area contributed by atoms with Crippen molar-refractivity contribution in [1.29, 1.82) is 0 Å². The molecular formula is C25H26FN7O3. The van der Waals surface area contributed by atoms with Crippen molar-refractivity contribution in [3.05, 3.63) is 60.2 Å². The number of Topliss-reactive ketones (excluding diaryl/α,β-unsaturated/α-hetero) is 1. The maximum atomic E-state index is 13.1. The van der Waals surface area contributed by atoms with Crippen LogP contribution >= 0.6 is 0 Å². The normalized spacial score (nSPS) is 18.2. The molecule has 2 aliphatic rings. The van der Waals surface area contributed by atoms with Crippen molar-refractivity contribution >= 4 is 28.3 Å². The van der Waals surface area contributed by atoms with Crippen molar-refractivity contribution in [2.75, 3.05) is 25.1 Å². The van der Waals surface area contributed by atoms with Gasteiger partial charge in [0.05, 0.1) is 38.5 Å². The van der Waals surface area contributed by atoms with Crippen LogP contribution < -0.4 is 5.32 Å². The molecule has 4 heterocycles. The summed E-state index contributed by atoms with van der Waals surface area (Å²) >= 11 is 0. The lowest BCUT2D eigenvalue weighted by Crippen LogP contribution is -2.20. The zero-order valence-electron chi connectivity index (χ0n) is 19.5. The van der Waals surface area contributed by atoms with E-state index >= 15 is 0 Å². The molecule has 2 fully saturated rings. The number of hydrogen-bond donors (Lipinski definition) is 2. The summed E-state index contributed by atoms with van der Waals surface area (Å²) in [5.74, 6) is 1.16. The molecule has 11 heteroatoms. The number of benzene rings is 1. The molecule has 1 aliphatic heterocycles. The number of halogens is 1. The number of hydroxylamine groups is 2. The fourth-order valence-corrected chi connectivity index (χ4v) is 4.49. The van der Waals surface area contributed by atoms with Gasteiger partial charge in [0.2, 0.25) is 5.95 Å². The van der Waals surface area contributed by atoms with Gasteiger partial charge in [-0.25, -0.2) is 14.1 Å². The van der Waals surface area contributed by atoms with Gasteiger partial charge in [-0.05, 0) is 31.0 Å². The molecule has 6 rings (SSSR count). The van der Waals surface area contributed by atoms with E-state index in [0.717, 1.165) is 35.0 Å². The molecule has 4 aromatic rings. The van der Waals surface area contributed by atoms with Crippen LogP contribution in [0.25, 0.3) is 16.7 Å². The van der Waals surface area contributed by atoms with Gasteiger partial charge in [-0.1, -0.05) is 0 Å². The number of anilines is 2. The number of hydrogen-bond acceptors (Lipinski definition) is 8. The standard InChI is InChI=1S/C25H26FN7O3/c26-6-8-31-14-21(24(35)17-1-2-17)20-9-18(3-4-22(20)31)29-25-27-7-5-23(30-25)33-12-16(10-28-33)11-32-13-19(34)15-36-32/h3-5,7,9-10,12,14,17,19,34H,1-2,6,8,11,13,15H2,(H,27,29,30). The predicted octanol–water partition coefficient (Wildman–Crippen LogP) is 3.03. The molecule has 1 saturated carbocycles. The number of nitrogens with one attached hydrogen (secondary N) is 1. The summed E-state index contributed by atoms with van der Waals surface area (Å²) < 4.78 is 16.5. The van der Waals surface area contributed by atoms with Gasteiger partial charge < -0.3 is 15.0 Å². The zero-order chi connectivity index (χ0) is 24.6. The molecule has 0 amide bonds. The van der Waals surface area contributed by atoms with E-state index in [-0.39, 0.29) is 18.2 Å².